The fourth-order valence-electron chi connectivity index (χ4n) is 4.59. The van der Waals surface area contributed by atoms with Gasteiger partial charge in [0, 0.05) is 30.7 Å². The number of hydrogen-bond donors (Lipinski definition) is 2. The van der Waals surface area contributed by atoms with Crippen molar-refractivity contribution in [1.82, 2.24) is 20.3 Å². The van der Waals surface area contributed by atoms with Crippen molar-refractivity contribution >= 4 is 23.4 Å². The number of hydrogen-bond acceptors (Lipinski definition) is 8. The zero-order valence-corrected chi connectivity index (χ0v) is 22.0. The van der Waals surface area contributed by atoms with Crippen LogP contribution in [0.5, 0.6) is 0 Å². The Morgan fingerprint density at radius 3 is 2.61 bits per heavy atom. The second-order valence-corrected chi connectivity index (χ2v) is 10.3. The highest BCUT2D eigenvalue weighted by molar-refractivity contribution is 5.70. The number of anilines is 3. The minimum Gasteiger partial charge on any atom is -0.444 e. The number of ether oxygens (including phenoxy) is 1. The summed E-state index contributed by atoms with van der Waals surface area (Å²) in [7, 11) is 1.76. The van der Waals surface area contributed by atoms with Gasteiger partial charge in [0.05, 0.1) is 17.6 Å². The molecule has 2 heterocycles. The van der Waals surface area contributed by atoms with Gasteiger partial charge in [-0.25, -0.2) is 24.1 Å². The highest BCUT2D eigenvalue weighted by Crippen LogP contribution is 2.31. The van der Waals surface area contributed by atoms with Crippen LogP contribution in [0.2, 0.25) is 0 Å². The predicted octanol–water partition coefficient (Wildman–Crippen LogP) is 5.57. The Labute approximate surface area is 222 Å². The fourth-order valence-corrected chi connectivity index (χ4v) is 4.59. The van der Waals surface area contributed by atoms with E-state index in [-0.39, 0.29) is 29.3 Å². The van der Waals surface area contributed by atoms with E-state index in [1.165, 1.54) is 6.07 Å². The third-order valence-electron chi connectivity index (χ3n) is 6.29. The van der Waals surface area contributed by atoms with Crippen molar-refractivity contribution < 1.29 is 13.9 Å². The summed E-state index contributed by atoms with van der Waals surface area (Å²) < 4.78 is 20.7. The molecule has 1 saturated carbocycles. The van der Waals surface area contributed by atoms with Crippen molar-refractivity contribution in [3.8, 4) is 17.5 Å². The fraction of sp³-hybridized carbons (Fsp3) is 0.393. The highest BCUT2D eigenvalue weighted by Gasteiger charge is 2.33. The number of nitriles is 1. The first-order chi connectivity index (χ1) is 18.1. The molecule has 10 heteroatoms. The van der Waals surface area contributed by atoms with Crippen LogP contribution in [0.25, 0.3) is 11.4 Å². The lowest BCUT2D eigenvalue weighted by atomic mass is 9.89. The van der Waals surface area contributed by atoms with Gasteiger partial charge < -0.3 is 20.3 Å². The Morgan fingerprint density at radius 2 is 1.89 bits per heavy atom. The molecule has 3 aromatic rings. The topological polar surface area (TPSA) is 116 Å². The molecule has 4 rings (SSSR count). The van der Waals surface area contributed by atoms with Gasteiger partial charge in [0.1, 0.15) is 11.7 Å². The average Bonchev–Trinajstić information content (AvgIpc) is 2.89. The Bertz CT molecular complexity index is 1320. The minimum absolute atomic E-state index is 0.0769. The first-order valence-corrected chi connectivity index (χ1v) is 12.6. The number of carbonyl (C=O) groups excluding carboxylic acids is 1. The molecule has 0 unspecified atom stereocenters. The van der Waals surface area contributed by atoms with Crippen LogP contribution in [0.15, 0.2) is 48.8 Å². The SMILES string of the molecule is CN(c1nc(Nc2cccc(-c3ncccn3)c2)c(C#N)cc1F)[C@@H]1CCCC[C@@H]1NC(=O)OC(C)(C)C. The average molecular weight is 518 g/mol. The number of nitrogens with zero attached hydrogens (tertiary/aromatic N) is 5. The van der Waals surface area contributed by atoms with Gasteiger partial charge in [-0.3, -0.25) is 0 Å². The third kappa shape index (κ3) is 6.54. The molecule has 2 N–H and O–H groups in total. The number of carbonyl (C=O) groups is 1. The number of pyridine rings is 1. The number of benzene rings is 1. The van der Waals surface area contributed by atoms with Gasteiger partial charge in [-0.05, 0) is 57.9 Å². The molecular formula is C28H32FN7O2. The van der Waals surface area contributed by atoms with Crippen LogP contribution in [0.1, 0.15) is 52.0 Å². The zero-order valence-electron chi connectivity index (χ0n) is 22.0. The summed E-state index contributed by atoms with van der Waals surface area (Å²) in [6, 6.07) is 11.9. The van der Waals surface area contributed by atoms with Crippen LogP contribution in [0.4, 0.5) is 26.5 Å². The van der Waals surface area contributed by atoms with E-state index < -0.39 is 17.5 Å². The number of amides is 1. The second-order valence-electron chi connectivity index (χ2n) is 10.3. The van der Waals surface area contributed by atoms with E-state index in [9.17, 15) is 10.1 Å². The van der Waals surface area contributed by atoms with Crippen LogP contribution in [0, 0.1) is 17.1 Å². The van der Waals surface area contributed by atoms with Gasteiger partial charge in [0.15, 0.2) is 23.3 Å². The summed E-state index contributed by atoms with van der Waals surface area (Å²) in [5.41, 5.74) is 0.895. The molecule has 2 aromatic heterocycles. The molecule has 0 radical (unpaired) electrons. The third-order valence-corrected chi connectivity index (χ3v) is 6.29. The van der Waals surface area contributed by atoms with Gasteiger partial charge in [-0.15, -0.1) is 0 Å². The van der Waals surface area contributed by atoms with Crippen molar-refractivity contribution in [1.29, 1.82) is 5.26 Å². The number of aromatic nitrogens is 3. The van der Waals surface area contributed by atoms with E-state index in [2.05, 4.69) is 25.6 Å². The highest BCUT2D eigenvalue weighted by atomic mass is 19.1. The second kappa shape index (κ2) is 11.4. The van der Waals surface area contributed by atoms with Gasteiger partial charge in [0.25, 0.3) is 0 Å². The summed E-state index contributed by atoms with van der Waals surface area (Å²) in [5, 5.41) is 15.8. The van der Waals surface area contributed by atoms with E-state index in [4.69, 9.17) is 4.74 Å². The van der Waals surface area contributed by atoms with Crippen molar-refractivity contribution in [2.24, 2.45) is 0 Å². The van der Waals surface area contributed by atoms with Crippen LogP contribution < -0.4 is 15.5 Å². The van der Waals surface area contributed by atoms with Crippen LogP contribution in [-0.2, 0) is 4.74 Å². The van der Waals surface area contributed by atoms with Crippen LogP contribution in [-0.4, -0.2) is 45.8 Å². The van der Waals surface area contributed by atoms with Crippen LogP contribution in [0.3, 0.4) is 0 Å². The molecule has 0 spiro atoms. The lowest BCUT2D eigenvalue weighted by Crippen LogP contribution is -2.53. The number of likely N-dealkylation sites (N-methyl/N-ethyl adjacent to an activating group) is 1. The maximum atomic E-state index is 15.2. The molecule has 38 heavy (non-hydrogen) atoms. The lowest BCUT2D eigenvalue weighted by Gasteiger charge is -2.39. The predicted molar refractivity (Wildman–Crippen MR) is 143 cm³/mol. The lowest BCUT2D eigenvalue weighted by molar-refractivity contribution is 0.0485. The summed E-state index contributed by atoms with van der Waals surface area (Å²) in [6.07, 6.45) is 6.21. The molecule has 1 fully saturated rings. The van der Waals surface area contributed by atoms with Gasteiger partial charge >= 0.3 is 6.09 Å². The molecular weight excluding hydrogens is 485 g/mol. The van der Waals surface area contributed by atoms with Crippen LogP contribution >= 0.6 is 0 Å². The van der Waals surface area contributed by atoms with E-state index in [0.29, 0.717) is 11.5 Å². The number of nitrogens with one attached hydrogen (secondary N) is 2. The number of halogens is 1. The molecule has 1 aliphatic carbocycles. The van der Waals surface area contributed by atoms with Crippen molar-refractivity contribution in [3.63, 3.8) is 0 Å². The summed E-state index contributed by atoms with van der Waals surface area (Å²) in [6.45, 7) is 5.43. The maximum absolute atomic E-state index is 15.2. The molecule has 0 saturated heterocycles. The van der Waals surface area contributed by atoms with Crippen molar-refractivity contribution in [3.05, 3.63) is 60.2 Å². The zero-order chi connectivity index (χ0) is 27.3. The number of alkyl carbamates (subject to hydrolysis) is 1. The first-order valence-electron chi connectivity index (χ1n) is 12.6. The van der Waals surface area contributed by atoms with Crippen molar-refractivity contribution in [2.75, 3.05) is 17.3 Å². The Hall–Kier alpha value is -4.26. The maximum Gasteiger partial charge on any atom is 0.407 e. The summed E-state index contributed by atoms with van der Waals surface area (Å²) in [5.74, 6) is 0.277. The smallest absolute Gasteiger partial charge is 0.407 e. The molecule has 0 aliphatic heterocycles. The molecule has 2 atom stereocenters. The first kappa shape index (κ1) is 26.8. The standard InChI is InChI=1S/C28H32FN7O2/c1-28(2,3)38-27(37)34-22-11-5-6-12-23(22)36(4)26-21(29)16-19(17-30)25(35-26)33-20-10-7-9-18(15-20)24-31-13-8-14-32-24/h7-10,13-16,22-23H,5-6,11-12H2,1-4H3,(H,33,35)(H,34,37)/t22-,23+/m0/s1. The normalized spacial score (nSPS) is 17.3. The molecule has 9 nitrogen and oxygen atoms in total. The van der Waals surface area contributed by atoms with E-state index in [1.807, 2.05) is 51.1 Å². The Kier molecular flexibility index (Phi) is 8.05. The summed E-state index contributed by atoms with van der Waals surface area (Å²) in [4.78, 5) is 27.3. The monoisotopic (exact) mass is 517 g/mol. The van der Waals surface area contributed by atoms with Gasteiger partial charge in [0.2, 0.25) is 0 Å². The van der Waals surface area contributed by atoms with Gasteiger partial charge in [-0.2, -0.15) is 5.26 Å². The largest absolute Gasteiger partial charge is 0.444 e. The van der Waals surface area contributed by atoms with E-state index in [1.54, 1.807) is 30.4 Å². The van der Waals surface area contributed by atoms with Gasteiger partial charge in [-0.1, -0.05) is 25.0 Å². The quantitative estimate of drug-likeness (QED) is 0.436. The molecule has 1 amide bonds. The molecule has 1 aliphatic rings. The molecule has 1 aromatic carbocycles. The van der Waals surface area contributed by atoms with E-state index in [0.717, 1.165) is 31.2 Å². The summed E-state index contributed by atoms with van der Waals surface area (Å²) >= 11 is 0. The molecule has 198 valence electrons. The minimum atomic E-state index is -0.620. The molecule has 0 bridgehead atoms. The Balaban J connectivity index is 1.60. The Morgan fingerprint density at radius 1 is 1.16 bits per heavy atom. The number of rotatable bonds is 6. The van der Waals surface area contributed by atoms with E-state index >= 15 is 4.39 Å². The van der Waals surface area contributed by atoms with Crippen molar-refractivity contribution in [2.45, 2.75) is 64.1 Å².